The van der Waals surface area contributed by atoms with Crippen LogP contribution < -0.4 is 5.32 Å². The van der Waals surface area contributed by atoms with Gasteiger partial charge in [-0.2, -0.15) is 0 Å². The van der Waals surface area contributed by atoms with E-state index in [4.69, 9.17) is 4.74 Å². The number of ether oxygens (including phenoxy) is 1. The second-order valence-electron chi connectivity index (χ2n) is 14.8. The highest BCUT2D eigenvalue weighted by Gasteiger charge is 2.24. The summed E-state index contributed by atoms with van der Waals surface area (Å²) in [6, 6.07) is -0.707. The van der Waals surface area contributed by atoms with Crippen molar-refractivity contribution >= 4 is 11.9 Å². The van der Waals surface area contributed by atoms with Crippen molar-refractivity contribution in [1.82, 2.24) is 5.32 Å². The molecule has 6 heteroatoms. The summed E-state index contributed by atoms with van der Waals surface area (Å²) in [5, 5.41) is 23.6. The van der Waals surface area contributed by atoms with Gasteiger partial charge >= 0.3 is 5.97 Å². The summed E-state index contributed by atoms with van der Waals surface area (Å²) >= 11 is 0. The molecule has 3 N–H and O–H groups in total. The van der Waals surface area contributed by atoms with Crippen LogP contribution in [0.5, 0.6) is 0 Å². The monoisotopic (exact) mass is 730 g/mol. The van der Waals surface area contributed by atoms with Crippen LogP contribution in [-0.4, -0.2) is 46.9 Å². The van der Waals surface area contributed by atoms with E-state index in [0.717, 1.165) is 103 Å². The van der Waals surface area contributed by atoms with Crippen LogP contribution in [0, 0.1) is 0 Å². The zero-order chi connectivity index (χ0) is 38.2. The molecule has 3 unspecified atom stereocenters. The predicted octanol–water partition coefficient (Wildman–Crippen LogP) is 12.3. The molecular formula is C46H83NO5. The van der Waals surface area contributed by atoms with Gasteiger partial charge in [0.15, 0.2) is 0 Å². The van der Waals surface area contributed by atoms with Crippen LogP contribution in [-0.2, 0) is 14.3 Å². The maximum atomic E-state index is 13.1. The van der Waals surface area contributed by atoms with Gasteiger partial charge in [-0.1, -0.05) is 179 Å². The summed E-state index contributed by atoms with van der Waals surface area (Å²) in [5.74, 6) is -0.520. The van der Waals surface area contributed by atoms with E-state index < -0.39 is 18.2 Å². The molecule has 52 heavy (non-hydrogen) atoms. The molecule has 0 aliphatic carbocycles. The smallest absolute Gasteiger partial charge is 0.306 e. The maximum Gasteiger partial charge on any atom is 0.306 e. The molecule has 0 fully saturated rings. The Labute approximate surface area is 321 Å². The number of unbranched alkanes of at least 4 members (excludes halogenated alkanes) is 20. The van der Waals surface area contributed by atoms with Gasteiger partial charge in [-0.05, 0) is 64.2 Å². The van der Waals surface area contributed by atoms with Crippen molar-refractivity contribution in [3.05, 3.63) is 48.6 Å². The van der Waals surface area contributed by atoms with Crippen molar-refractivity contribution in [1.29, 1.82) is 0 Å². The summed E-state index contributed by atoms with van der Waals surface area (Å²) in [4.78, 5) is 25.8. The summed E-state index contributed by atoms with van der Waals surface area (Å²) < 4.78 is 5.85. The molecule has 0 aromatic carbocycles. The van der Waals surface area contributed by atoms with Gasteiger partial charge in [-0.15, -0.1) is 0 Å². The van der Waals surface area contributed by atoms with Gasteiger partial charge in [-0.25, -0.2) is 0 Å². The maximum absolute atomic E-state index is 13.1. The Morgan fingerprint density at radius 2 is 1.10 bits per heavy atom. The number of hydrogen-bond acceptors (Lipinski definition) is 5. The normalized spacial score (nSPS) is 13.9. The Morgan fingerprint density at radius 3 is 1.71 bits per heavy atom. The number of rotatable bonds is 38. The molecule has 0 saturated heterocycles. The van der Waals surface area contributed by atoms with Gasteiger partial charge in [0.05, 0.1) is 25.2 Å². The fourth-order valence-electron chi connectivity index (χ4n) is 6.37. The molecule has 0 aliphatic heterocycles. The highest BCUT2D eigenvalue weighted by atomic mass is 16.5. The van der Waals surface area contributed by atoms with E-state index in [1.165, 1.54) is 57.8 Å². The lowest BCUT2D eigenvalue weighted by Crippen LogP contribution is -2.46. The molecule has 0 aromatic heterocycles. The Kier molecular flexibility index (Phi) is 38.3. The number of nitrogens with one attached hydrogen (secondary N) is 1. The van der Waals surface area contributed by atoms with Crippen molar-refractivity contribution < 1.29 is 24.5 Å². The summed E-state index contributed by atoms with van der Waals surface area (Å²) in [5.41, 5.74) is 0. The third-order valence-electron chi connectivity index (χ3n) is 9.68. The van der Waals surface area contributed by atoms with Crippen LogP contribution in [0.3, 0.4) is 0 Å². The van der Waals surface area contributed by atoms with Crippen molar-refractivity contribution in [2.24, 2.45) is 0 Å². The number of aliphatic hydroxyl groups excluding tert-OH is 2. The van der Waals surface area contributed by atoms with E-state index in [9.17, 15) is 19.8 Å². The number of carbonyl (C=O) groups excluding carboxylic acids is 2. The molecular weight excluding hydrogens is 647 g/mol. The lowest BCUT2D eigenvalue weighted by molar-refractivity contribution is -0.151. The zero-order valence-corrected chi connectivity index (χ0v) is 34.2. The van der Waals surface area contributed by atoms with Crippen LogP contribution in [0.4, 0.5) is 0 Å². The number of amides is 1. The van der Waals surface area contributed by atoms with E-state index in [1.54, 1.807) is 0 Å². The van der Waals surface area contributed by atoms with Crippen LogP contribution in [0.2, 0.25) is 0 Å². The second-order valence-corrected chi connectivity index (χ2v) is 14.8. The first-order chi connectivity index (χ1) is 25.5. The molecule has 0 bridgehead atoms. The number of carbonyl (C=O) groups is 2. The van der Waals surface area contributed by atoms with Gasteiger partial charge in [0, 0.05) is 6.42 Å². The van der Waals surface area contributed by atoms with Crippen LogP contribution in [0.25, 0.3) is 0 Å². The average Bonchev–Trinajstić information content (AvgIpc) is 3.13. The predicted molar refractivity (Wildman–Crippen MR) is 222 cm³/mol. The molecule has 0 heterocycles. The number of allylic oxidation sites excluding steroid dienone is 8. The molecule has 0 rings (SSSR count). The van der Waals surface area contributed by atoms with E-state index >= 15 is 0 Å². The van der Waals surface area contributed by atoms with E-state index in [1.807, 2.05) is 0 Å². The highest BCUT2D eigenvalue weighted by molar-refractivity contribution is 5.77. The van der Waals surface area contributed by atoms with Crippen molar-refractivity contribution in [2.45, 2.75) is 225 Å². The van der Waals surface area contributed by atoms with E-state index in [-0.39, 0.29) is 24.9 Å². The Bertz CT molecular complexity index is 910. The fraction of sp³-hybridized carbons (Fsp3) is 0.783. The van der Waals surface area contributed by atoms with E-state index in [0.29, 0.717) is 19.3 Å². The lowest BCUT2D eigenvalue weighted by atomic mass is 10.0. The van der Waals surface area contributed by atoms with Crippen molar-refractivity contribution in [3.8, 4) is 0 Å². The lowest BCUT2D eigenvalue weighted by Gasteiger charge is -2.24. The van der Waals surface area contributed by atoms with Crippen LogP contribution >= 0.6 is 0 Å². The molecule has 6 nitrogen and oxygen atoms in total. The minimum Gasteiger partial charge on any atom is -0.462 e. The first kappa shape index (κ1) is 49.8. The van der Waals surface area contributed by atoms with Crippen LogP contribution in [0.1, 0.15) is 207 Å². The quantitative estimate of drug-likeness (QED) is 0.0254. The number of aliphatic hydroxyl groups is 2. The number of esters is 1. The highest BCUT2D eigenvalue weighted by Crippen LogP contribution is 2.17. The molecule has 0 saturated carbocycles. The topological polar surface area (TPSA) is 95.9 Å². The van der Waals surface area contributed by atoms with Crippen LogP contribution in [0.15, 0.2) is 48.6 Å². The molecule has 0 spiro atoms. The van der Waals surface area contributed by atoms with Crippen molar-refractivity contribution in [3.63, 3.8) is 0 Å². The Balaban J connectivity index is 4.54. The molecule has 0 radical (unpaired) electrons. The fourth-order valence-corrected chi connectivity index (χ4v) is 6.37. The zero-order valence-electron chi connectivity index (χ0n) is 34.2. The average molecular weight is 730 g/mol. The third kappa shape index (κ3) is 34.9. The summed E-state index contributed by atoms with van der Waals surface area (Å²) in [7, 11) is 0. The molecule has 3 atom stereocenters. The Morgan fingerprint density at radius 1 is 0.577 bits per heavy atom. The molecule has 0 aliphatic rings. The largest absolute Gasteiger partial charge is 0.462 e. The number of hydrogen-bond donors (Lipinski definition) is 3. The first-order valence-corrected chi connectivity index (χ1v) is 21.9. The third-order valence-corrected chi connectivity index (χ3v) is 9.68. The van der Waals surface area contributed by atoms with Gasteiger partial charge in [0.25, 0.3) is 0 Å². The van der Waals surface area contributed by atoms with Gasteiger partial charge < -0.3 is 20.3 Å². The molecule has 1 amide bonds. The van der Waals surface area contributed by atoms with E-state index in [2.05, 4.69) is 74.7 Å². The van der Waals surface area contributed by atoms with Gasteiger partial charge in [0.1, 0.15) is 6.10 Å². The Hall–Kier alpha value is -2.18. The minimum absolute atomic E-state index is 0.0571. The summed E-state index contributed by atoms with van der Waals surface area (Å²) in [6.07, 6.45) is 46.1. The van der Waals surface area contributed by atoms with Crippen molar-refractivity contribution in [2.75, 3.05) is 6.61 Å². The first-order valence-electron chi connectivity index (χ1n) is 21.9. The SMILES string of the molecule is CC/C=C/C=C/C=C\CCCCCCCC(=O)OC(CCCCC/C=C\CCC)CC(=O)NC(CO)C(O)CCCCCCCCCCCCCC. The molecule has 302 valence electrons. The standard InChI is InChI=1S/C46H83NO5/c1-4-7-10-13-16-19-21-23-25-27-30-33-36-39-46(51)52-42(37-34-31-28-18-15-12-9-6-3)40-45(50)47-43(41-48)44(49)38-35-32-29-26-24-22-20-17-14-11-8-5-2/h7,10,12-13,15-16,19,21,42-44,48-49H,4-6,8-9,11,14,17-18,20,22-41H2,1-3H3,(H,47,50)/b10-7+,15-12-,16-13+,21-19-. The molecule has 0 aromatic rings. The van der Waals surface area contributed by atoms with Gasteiger partial charge in [-0.3, -0.25) is 9.59 Å². The van der Waals surface area contributed by atoms with Gasteiger partial charge in [0.2, 0.25) is 5.91 Å². The second kappa shape index (κ2) is 40.0. The minimum atomic E-state index is -0.792. The summed E-state index contributed by atoms with van der Waals surface area (Å²) in [6.45, 7) is 6.25.